The molecule has 1 aliphatic rings. The van der Waals surface area contributed by atoms with Crippen molar-refractivity contribution >= 4 is 17.7 Å². The Labute approximate surface area is 156 Å². The van der Waals surface area contributed by atoms with E-state index < -0.39 is 11.5 Å². The molecule has 144 valence electrons. The lowest BCUT2D eigenvalue weighted by Gasteiger charge is -2.40. The summed E-state index contributed by atoms with van der Waals surface area (Å²) >= 11 is 0. The maximum Gasteiger partial charge on any atom is 0.306 e. The number of benzene rings is 1. The zero-order valence-electron chi connectivity index (χ0n) is 15.3. The normalized spacial score (nSPS) is 18.1. The summed E-state index contributed by atoms with van der Waals surface area (Å²) in [6.45, 7) is 4.56. The van der Waals surface area contributed by atoms with Crippen LogP contribution in [0.3, 0.4) is 0 Å². The van der Waals surface area contributed by atoms with Crippen LogP contribution in [0, 0.1) is 11.2 Å². The Morgan fingerprint density at radius 3 is 2.67 bits per heavy atom. The Bertz CT molecular complexity index is 784. The zero-order valence-corrected chi connectivity index (χ0v) is 15.3. The van der Waals surface area contributed by atoms with Crippen molar-refractivity contribution in [3.63, 3.8) is 0 Å². The number of carbonyl (C=O) groups is 1. The van der Waals surface area contributed by atoms with Crippen molar-refractivity contribution in [2.24, 2.45) is 5.41 Å². The molecule has 0 radical (unpaired) electrons. The maximum absolute atomic E-state index is 13.3. The Kier molecular flexibility index (Phi) is 5.98. The average Bonchev–Trinajstić information content (AvgIpc) is 3.21. The van der Waals surface area contributed by atoms with Gasteiger partial charge in [0.15, 0.2) is 6.10 Å². The second kappa shape index (κ2) is 8.41. The number of halogens is 1. The van der Waals surface area contributed by atoms with Crippen LogP contribution in [0.25, 0.3) is 11.8 Å². The Morgan fingerprint density at radius 1 is 1.37 bits per heavy atom. The van der Waals surface area contributed by atoms with Crippen LogP contribution in [0.15, 0.2) is 36.9 Å². The molecule has 2 heterocycles. The molecule has 7 nitrogen and oxygen atoms in total. The van der Waals surface area contributed by atoms with Gasteiger partial charge in [-0.3, -0.25) is 4.79 Å². The van der Waals surface area contributed by atoms with E-state index in [4.69, 9.17) is 14.2 Å². The van der Waals surface area contributed by atoms with Crippen molar-refractivity contribution in [3.05, 3.63) is 48.3 Å². The summed E-state index contributed by atoms with van der Waals surface area (Å²) in [5.41, 5.74) is 0.694. The molecule has 1 aromatic carbocycles. The summed E-state index contributed by atoms with van der Waals surface area (Å²) < 4.78 is 31.6. The Morgan fingerprint density at radius 2 is 2.07 bits per heavy atom. The molecule has 0 aliphatic carbocycles. The number of hydrogen-bond donors (Lipinski definition) is 0. The molecule has 3 rings (SSSR count). The highest BCUT2D eigenvalue weighted by atomic mass is 19.1. The summed E-state index contributed by atoms with van der Waals surface area (Å²) in [5, 5.41) is 4.20. The van der Waals surface area contributed by atoms with Crippen molar-refractivity contribution < 1.29 is 23.4 Å². The minimum Gasteiger partial charge on any atom is -0.455 e. The third kappa shape index (κ3) is 4.58. The minimum atomic E-state index is -0.697. The topological polar surface area (TPSA) is 75.5 Å². The molecular weight excluding hydrogens is 353 g/mol. The fourth-order valence-corrected chi connectivity index (χ4v) is 2.91. The predicted molar refractivity (Wildman–Crippen MR) is 95.6 cm³/mol. The number of rotatable bonds is 6. The number of carbonyl (C=O) groups excluding carboxylic acids is 1. The number of esters is 1. The second-order valence-corrected chi connectivity index (χ2v) is 6.65. The van der Waals surface area contributed by atoms with E-state index in [1.54, 1.807) is 25.1 Å². The van der Waals surface area contributed by atoms with Gasteiger partial charge in [0, 0.05) is 6.42 Å². The van der Waals surface area contributed by atoms with E-state index in [9.17, 15) is 9.18 Å². The first-order chi connectivity index (χ1) is 13.0. The van der Waals surface area contributed by atoms with Gasteiger partial charge in [-0.05, 0) is 23.8 Å². The highest BCUT2D eigenvalue weighted by Gasteiger charge is 2.43. The SMILES string of the molecule is CCC(=O)OC(C(=Cc1ccc(F)cc1)n1cncn1)C1(C)COCOC1. The van der Waals surface area contributed by atoms with E-state index in [1.165, 1.54) is 29.5 Å². The summed E-state index contributed by atoms with van der Waals surface area (Å²) in [7, 11) is 0. The van der Waals surface area contributed by atoms with E-state index >= 15 is 0 Å². The molecule has 8 heteroatoms. The number of nitrogens with zero attached hydrogens (tertiary/aromatic N) is 3. The summed E-state index contributed by atoms with van der Waals surface area (Å²) in [6, 6.07) is 6.02. The van der Waals surface area contributed by atoms with Gasteiger partial charge in [-0.15, -0.1) is 0 Å². The van der Waals surface area contributed by atoms with E-state index in [1.807, 2.05) is 6.92 Å². The molecule has 0 amide bonds. The van der Waals surface area contributed by atoms with Crippen LogP contribution in [0.4, 0.5) is 4.39 Å². The van der Waals surface area contributed by atoms with Gasteiger partial charge in [0.25, 0.3) is 0 Å². The van der Waals surface area contributed by atoms with Crippen LogP contribution in [-0.4, -0.2) is 46.8 Å². The number of aromatic nitrogens is 3. The van der Waals surface area contributed by atoms with Crippen molar-refractivity contribution in [1.29, 1.82) is 0 Å². The lowest BCUT2D eigenvalue weighted by molar-refractivity contribution is -0.192. The predicted octanol–water partition coefficient (Wildman–Crippen LogP) is 2.75. The van der Waals surface area contributed by atoms with Crippen LogP contribution < -0.4 is 0 Å². The van der Waals surface area contributed by atoms with Gasteiger partial charge in [-0.2, -0.15) is 5.10 Å². The standard InChI is InChI=1S/C19H22FN3O4/c1-3-17(24)27-18(19(2)9-25-13-26-10-19)16(23-12-21-11-22-23)8-14-4-6-15(20)7-5-14/h4-8,11-12,18H,3,9-10,13H2,1-2H3. The third-order valence-electron chi connectivity index (χ3n) is 4.34. The van der Waals surface area contributed by atoms with Gasteiger partial charge in [-0.1, -0.05) is 26.0 Å². The molecule has 0 spiro atoms. The van der Waals surface area contributed by atoms with E-state index in [2.05, 4.69) is 10.1 Å². The number of ether oxygens (including phenoxy) is 3. The molecule has 1 aromatic heterocycles. The highest BCUT2D eigenvalue weighted by Crippen LogP contribution is 2.35. The third-order valence-corrected chi connectivity index (χ3v) is 4.34. The van der Waals surface area contributed by atoms with Crippen molar-refractivity contribution in [3.8, 4) is 0 Å². The quantitative estimate of drug-likeness (QED) is 0.723. The van der Waals surface area contributed by atoms with Gasteiger partial charge < -0.3 is 14.2 Å². The first-order valence-electron chi connectivity index (χ1n) is 8.69. The van der Waals surface area contributed by atoms with Gasteiger partial charge >= 0.3 is 5.97 Å². The lowest BCUT2D eigenvalue weighted by Crippen LogP contribution is -2.47. The number of hydrogen-bond acceptors (Lipinski definition) is 6. The first-order valence-corrected chi connectivity index (χ1v) is 8.69. The molecule has 1 unspecified atom stereocenters. The van der Waals surface area contributed by atoms with Crippen LogP contribution in [0.2, 0.25) is 0 Å². The summed E-state index contributed by atoms with van der Waals surface area (Å²) in [6.07, 6.45) is 4.25. The summed E-state index contributed by atoms with van der Waals surface area (Å²) in [4.78, 5) is 16.1. The van der Waals surface area contributed by atoms with E-state index in [-0.39, 0.29) is 25.0 Å². The Balaban J connectivity index is 2.06. The van der Waals surface area contributed by atoms with Gasteiger partial charge in [0.2, 0.25) is 0 Å². The molecule has 0 saturated carbocycles. The minimum absolute atomic E-state index is 0.199. The van der Waals surface area contributed by atoms with Crippen LogP contribution in [0.1, 0.15) is 25.8 Å². The van der Waals surface area contributed by atoms with Crippen LogP contribution >= 0.6 is 0 Å². The van der Waals surface area contributed by atoms with Crippen molar-refractivity contribution in [2.75, 3.05) is 20.0 Å². The molecule has 2 aromatic rings. The molecule has 1 fully saturated rings. The van der Waals surface area contributed by atoms with Crippen LogP contribution in [0.5, 0.6) is 0 Å². The van der Waals surface area contributed by atoms with Gasteiger partial charge in [0.1, 0.15) is 25.3 Å². The van der Waals surface area contributed by atoms with E-state index in [0.717, 1.165) is 5.56 Å². The second-order valence-electron chi connectivity index (χ2n) is 6.65. The molecule has 1 atom stereocenters. The molecule has 0 bridgehead atoms. The molecule has 0 N–H and O–H groups in total. The molecule has 27 heavy (non-hydrogen) atoms. The largest absolute Gasteiger partial charge is 0.455 e. The van der Waals surface area contributed by atoms with Crippen molar-refractivity contribution in [2.45, 2.75) is 26.4 Å². The van der Waals surface area contributed by atoms with Gasteiger partial charge in [0.05, 0.1) is 24.3 Å². The molecule has 1 saturated heterocycles. The van der Waals surface area contributed by atoms with E-state index in [0.29, 0.717) is 18.9 Å². The van der Waals surface area contributed by atoms with Crippen LogP contribution in [-0.2, 0) is 19.0 Å². The van der Waals surface area contributed by atoms with Gasteiger partial charge in [-0.25, -0.2) is 14.1 Å². The maximum atomic E-state index is 13.3. The monoisotopic (exact) mass is 375 g/mol. The first kappa shape index (κ1) is 19.2. The molecular formula is C19H22FN3O4. The Hall–Kier alpha value is -2.58. The lowest BCUT2D eigenvalue weighted by atomic mass is 9.83. The fourth-order valence-electron chi connectivity index (χ4n) is 2.91. The zero-order chi connectivity index (χ0) is 19.3. The highest BCUT2D eigenvalue weighted by molar-refractivity contribution is 5.76. The summed E-state index contributed by atoms with van der Waals surface area (Å²) in [5.74, 6) is -0.679. The smallest absolute Gasteiger partial charge is 0.306 e. The average molecular weight is 375 g/mol. The van der Waals surface area contributed by atoms with Crippen molar-refractivity contribution in [1.82, 2.24) is 14.8 Å². The fraction of sp³-hybridized carbons (Fsp3) is 0.421. The molecule has 1 aliphatic heterocycles.